The molecule has 2 nitrogen and oxygen atoms in total. The van der Waals surface area contributed by atoms with E-state index >= 15 is 0 Å². The highest BCUT2D eigenvalue weighted by Crippen LogP contribution is 2.30. The van der Waals surface area contributed by atoms with Crippen molar-refractivity contribution in [3.05, 3.63) is 0 Å². The van der Waals surface area contributed by atoms with Gasteiger partial charge in [0.05, 0.1) is 13.2 Å². The maximum atomic E-state index is 9.52. The van der Waals surface area contributed by atoms with Gasteiger partial charge in [0, 0.05) is 5.41 Å². The summed E-state index contributed by atoms with van der Waals surface area (Å²) in [6.07, 6.45) is 11.7. The second-order valence-corrected chi connectivity index (χ2v) is 5.44. The monoisotopic (exact) mass is 244 g/mol. The third kappa shape index (κ3) is 7.77. The fourth-order valence-corrected chi connectivity index (χ4v) is 2.34. The molecule has 2 heteroatoms. The Morgan fingerprint density at radius 3 is 1.53 bits per heavy atom. The van der Waals surface area contributed by atoms with Crippen LogP contribution in [0.4, 0.5) is 0 Å². The molecule has 0 amide bonds. The molecular weight excluding hydrogens is 212 g/mol. The number of rotatable bonds is 12. The largest absolute Gasteiger partial charge is 0.396 e. The lowest BCUT2D eigenvalue weighted by molar-refractivity contribution is 0.0354. The maximum Gasteiger partial charge on any atom is 0.0509 e. The highest BCUT2D eigenvalue weighted by Gasteiger charge is 2.27. The van der Waals surface area contributed by atoms with Gasteiger partial charge in [-0.25, -0.2) is 0 Å². The minimum absolute atomic E-state index is 0.140. The van der Waals surface area contributed by atoms with E-state index in [2.05, 4.69) is 13.8 Å². The van der Waals surface area contributed by atoms with Crippen molar-refractivity contribution in [2.45, 2.75) is 78.1 Å². The molecule has 0 spiro atoms. The van der Waals surface area contributed by atoms with E-state index in [1.54, 1.807) is 0 Å². The standard InChI is InChI=1S/C15H32O2/c1-3-5-7-8-10-12-15(13-16,14-17)11-9-6-4-2/h16-17H,3-14H2,1-2H3. The van der Waals surface area contributed by atoms with E-state index in [-0.39, 0.29) is 18.6 Å². The normalized spacial score (nSPS) is 12.0. The van der Waals surface area contributed by atoms with Crippen molar-refractivity contribution in [3.63, 3.8) is 0 Å². The van der Waals surface area contributed by atoms with E-state index in [0.717, 1.165) is 25.7 Å². The second-order valence-electron chi connectivity index (χ2n) is 5.44. The summed E-state index contributed by atoms with van der Waals surface area (Å²) in [4.78, 5) is 0. The predicted octanol–water partition coefficient (Wildman–Crippen LogP) is 3.90. The lowest BCUT2D eigenvalue weighted by atomic mass is 9.79. The van der Waals surface area contributed by atoms with Crippen LogP contribution in [0.25, 0.3) is 0 Å². The molecule has 0 aromatic heterocycles. The number of unbranched alkanes of at least 4 members (excludes halogenated alkanes) is 6. The van der Waals surface area contributed by atoms with Crippen molar-refractivity contribution in [3.8, 4) is 0 Å². The molecule has 0 aromatic rings. The molecule has 2 N–H and O–H groups in total. The molecule has 0 aliphatic rings. The molecule has 17 heavy (non-hydrogen) atoms. The SMILES string of the molecule is CCCCCCCC(CO)(CO)CCCCC. The van der Waals surface area contributed by atoms with Gasteiger partial charge in [0.25, 0.3) is 0 Å². The van der Waals surface area contributed by atoms with Crippen LogP contribution in [0.5, 0.6) is 0 Å². The van der Waals surface area contributed by atoms with Gasteiger partial charge < -0.3 is 10.2 Å². The Hall–Kier alpha value is -0.0800. The van der Waals surface area contributed by atoms with Crippen molar-refractivity contribution in [2.75, 3.05) is 13.2 Å². The maximum absolute atomic E-state index is 9.52. The molecule has 0 radical (unpaired) electrons. The fraction of sp³-hybridized carbons (Fsp3) is 1.00. The lowest BCUT2D eigenvalue weighted by Gasteiger charge is -2.30. The highest BCUT2D eigenvalue weighted by molar-refractivity contribution is 4.77. The first-order chi connectivity index (χ1) is 8.24. The van der Waals surface area contributed by atoms with Crippen LogP contribution in [-0.4, -0.2) is 23.4 Å². The zero-order chi connectivity index (χ0) is 13.0. The minimum atomic E-state index is -0.207. The van der Waals surface area contributed by atoms with E-state index in [1.165, 1.54) is 38.5 Å². The van der Waals surface area contributed by atoms with Gasteiger partial charge in [-0.05, 0) is 12.8 Å². The van der Waals surface area contributed by atoms with E-state index < -0.39 is 0 Å². The number of hydrogen-bond donors (Lipinski definition) is 2. The minimum Gasteiger partial charge on any atom is -0.396 e. The van der Waals surface area contributed by atoms with Crippen molar-refractivity contribution < 1.29 is 10.2 Å². The Kier molecular flexibility index (Phi) is 11.0. The van der Waals surface area contributed by atoms with E-state index in [1.807, 2.05) is 0 Å². The molecular formula is C15H32O2. The van der Waals surface area contributed by atoms with Gasteiger partial charge >= 0.3 is 0 Å². The molecule has 0 saturated heterocycles. The Morgan fingerprint density at radius 1 is 0.647 bits per heavy atom. The van der Waals surface area contributed by atoms with Crippen LogP contribution in [0, 0.1) is 5.41 Å². The van der Waals surface area contributed by atoms with Gasteiger partial charge in [-0.1, -0.05) is 65.2 Å². The van der Waals surface area contributed by atoms with Crippen LogP contribution in [-0.2, 0) is 0 Å². The Morgan fingerprint density at radius 2 is 1.06 bits per heavy atom. The first-order valence-electron chi connectivity index (χ1n) is 7.46. The Balaban J connectivity index is 3.85. The van der Waals surface area contributed by atoms with Crippen molar-refractivity contribution in [2.24, 2.45) is 5.41 Å². The number of aliphatic hydroxyl groups is 2. The third-order valence-electron chi connectivity index (χ3n) is 3.79. The van der Waals surface area contributed by atoms with Crippen LogP contribution in [0.15, 0.2) is 0 Å². The van der Waals surface area contributed by atoms with E-state index in [0.29, 0.717) is 0 Å². The molecule has 0 saturated carbocycles. The quantitative estimate of drug-likeness (QED) is 0.511. The summed E-state index contributed by atoms with van der Waals surface area (Å²) in [5.74, 6) is 0. The smallest absolute Gasteiger partial charge is 0.0509 e. The first kappa shape index (κ1) is 16.9. The summed E-state index contributed by atoms with van der Waals surface area (Å²) in [7, 11) is 0. The van der Waals surface area contributed by atoms with Crippen molar-refractivity contribution in [1.29, 1.82) is 0 Å². The summed E-state index contributed by atoms with van der Waals surface area (Å²) in [5.41, 5.74) is -0.207. The van der Waals surface area contributed by atoms with Crippen molar-refractivity contribution >= 4 is 0 Å². The molecule has 0 atom stereocenters. The van der Waals surface area contributed by atoms with Crippen LogP contribution in [0.3, 0.4) is 0 Å². The van der Waals surface area contributed by atoms with Gasteiger partial charge in [-0.2, -0.15) is 0 Å². The zero-order valence-corrected chi connectivity index (χ0v) is 11.9. The molecule has 0 rings (SSSR count). The summed E-state index contributed by atoms with van der Waals surface area (Å²) >= 11 is 0. The van der Waals surface area contributed by atoms with Gasteiger partial charge in [0.2, 0.25) is 0 Å². The summed E-state index contributed by atoms with van der Waals surface area (Å²) < 4.78 is 0. The van der Waals surface area contributed by atoms with Gasteiger partial charge in [-0.3, -0.25) is 0 Å². The first-order valence-corrected chi connectivity index (χ1v) is 7.46. The molecule has 104 valence electrons. The average molecular weight is 244 g/mol. The fourth-order valence-electron chi connectivity index (χ4n) is 2.34. The Bertz CT molecular complexity index is 153. The topological polar surface area (TPSA) is 40.5 Å². The average Bonchev–Trinajstić information content (AvgIpc) is 2.37. The van der Waals surface area contributed by atoms with Crippen molar-refractivity contribution in [1.82, 2.24) is 0 Å². The summed E-state index contributed by atoms with van der Waals surface area (Å²) in [6, 6.07) is 0. The van der Waals surface area contributed by atoms with Crippen LogP contribution < -0.4 is 0 Å². The zero-order valence-electron chi connectivity index (χ0n) is 11.9. The molecule has 0 aliphatic carbocycles. The third-order valence-corrected chi connectivity index (χ3v) is 3.79. The van der Waals surface area contributed by atoms with Crippen LogP contribution in [0.1, 0.15) is 78.1 Å². The molecule has 0 aliphatic heterocycles. The van der Waals surface area contributed by atoms with Crippen LogP contribution >= 0.6 is 0 Å². The number of hydrogen-bond acceptors (Lipinski definition) is 2. The molecule has 0 heterocycles. The van der Waals surface area contributed by atoms with Gasteiger partial charge in [-0.15, -0.1) is 0 Å². The summed E-state index contributed by atoms with van der Waals surface area (Å²) in [6.45, 7) is 4.68. The molecule has 0 fully saturated rings. The van der Waals surface area contributed by atoms with E-state index in [9.17, 15) is 10.2 Å². The second kappa shape index (κ2) is 11.0. The summed E-state index contributed by atoms with van der Waals surface area (Å²) in [5, 5.41) is 19.0. The predicted molar refractivity (Wildman–Crippen MR) is 74.1 cm³/mol. The molecule has 0 aromatic carbocycles. The number of aliphatic hydroxyl groups excluding tert-OH is 2. The van der Waals surface area contributed by atoms with Gasteiger partial charge in [0.1, 0.15) is 0 Å². The lowest BCUT2D eigenvalue weighted by Crippen LogP contribution is -2.29. The Labute approximate surface area is 107 Å². The van der Waals surface area contributed by atoms with Crippen LogP contribution in [0.2, 0.25) is 0 Å². The molecule has 0 unspecified atom stereocenters. The van der Waals surface area contributed by atoms with E-state index in [4.69, 9.17) is 0 Å². The highest BCUT2D eigenvalue weighted by atomic mass is 16.3. The molecule has 0 bridgehead atoms. The van der Waals surface area contributed by atoms with Gasteiger partial charge in [0.15, 0.2) is 0 Å².